The lowest BCUT2D eigenvalue weighted by Crippen LogP contribution is -2.45. The van der Waals surface area contributed by atoms with Gasteiger partial charge in [0, 0.05) is 19.6 Å². The van der Waals surface area contributed by atoms with E-state index in [1.54, 1.807) is 11.9 Å². The van der Waals surface area contributed by atoms with Gasteiger partial charge in [0.25, 0.3) is 0 Å². The molecule has 0 saturated heterocycles. The van der Waals surface area contributed by atoms with Crippen LogP contribution in [0.15, 0.2) is 0 Å². The number of nitrogens with one attached hydrogen (secondary N) is 1. The third-order valence-electron chi connectivity index (χ3n) is 3.79. The van der Waals surface area contributed by atoms with Crippen LogP contribution < -0.4 is 5.32 Å². The number of carboxylic acids is 1. The molecule has 1 fully saturated rings. The van der Waals surface area contributed by atoms with Gasteiger partial charge in [0.1, 0.15) is 0 Å². The van der Waals surface area contributed by atoms with Crippen LogP contribution in [0.1, 0.15) is 51.9 Å². The second kappa shape index (κ2) is 8.02. The lowest BCUT2D eigenvalue weighted by Gasteiger charge is -2.29. The summed E-state index contributed by atoms with van der Waals surface area (Å²) in [4.78, 5) is 24.6. The van der Waals surface area contributed by atoms with E-state index in [9.17, 15) is 9.59 Å². The van der Waals surface area contributed by atoms with Gasteiger partial charge in [-0.1, -0.05) is 26.2 Å². The van der Waals surface area contributed by atoms with Crippen LogP contribution in [0.2, 0.25) is 0 Å². The summed E-state index contributed by atoms with van der Waals surface area (Å²) in [5.41, 5.74) is 0. The summed E-state index contributed by atoms with van der Waals surface area (Å²) in [6, 6.07) is -0.0666. The van der Waals surface area contributed by atoms with E-state index < -0.39 is 5.97 Å². The number of amides is 2. The molecule has 0 radical (unpaired) electrons. The molecule has 19 heavy (non-hydrogen) atoms. The van der Waals surface area contributed by atoms with Gasteiger partial charge in [0.05, 0.1) is 5.92 Å². The molecule has 0 spiro atoms. The Kier molecular flexibility index (Phi) is 6.67. The van der Waals surface area contributed by atoms with Crippen LogP contribution in [0.25, 0.3) is 0 Å². The van der Waals surface area contributed by atoms with E-state index in [1.165, 1.54) is 0 Å². The van der Waals surface area contributed by atoms with Crippen LogP contribution in [0.5, 0.6) is 0 Å². The predicted molar refractivity (Wildman–Crippen MR) is 74.1 cm³/mol. The molecular weight excluding hydrogens is 244 g/mol. The number of carboxylic acid groups (broad SMARTS) is 1. The molecule has 0 aliphatic heterocycles. The highest BCUT2D eigenvalue weighted by Gasteiger charge is 2.28. The van der Waals surface area contributed by atoms with E-state index in [4.69, 9.17) is 5.11 Å². The molecule has 2 amide bonds. The first-order valence-electron chi connectivity index (χ1n) is 7.29. The predicted octanol–water partition coefficient (Wildman–Crippen LogP) is 2.46. The number of rotatable bonds is 6. The molecule has 110 valence electrons. The average Bonchev–Trinajstić information content (AvgIpc) is 2.39. The van der Waals surface area contributed by atoms with Crippen molar-refractivity contribution < 1.29 is 14.7 Å². The molecular formula is C14H26N2O3. The second-order valence-corrected chi connectivity index (χ2v) is 5.48. The van der Waals surface area contributed by atoms with E-state index >= 15 is 0 Å². The van der Waals surface area contributed by atoms with Gasteiger partial charge in [-0.3, -0.25) is 4.79 Å². The first-order chi connectivity index (χ1) is 9.04. The molecule has 0 aromatic rings. The Balaban J connectivity index is 2.32. The lowest BCUT2D eigenvalue weighted by atomic mass is 9.86. The minimum atomic E-state index is -0.741. The molecule has 5 heteroatoms. The van der Waals surface area contributed by atoms with Crippen molar-refractivity contribution in [3.8, 4) is 0 Å². The summed E-state index contributed by atoms with van der Waals surface area (Å²) in [6.07, 6.45) is 6.33. The van der Waals surface area contributed by atoms with Crippen molar-refractivity contribution in [3.63, 3.8) is 0 Å². The number of carbonyl (C=O) groups excluding carboxylic acids is 1. The summed E-state index contributed by atoms with van der Waals surface area (Å²) in [5, 5.41) is 12.0. The van der Waals surface area contributed by atoms with E-state index in [0.29, 0.717) is 6.42 Å². The minimum absolute atomic E-state index is 0.0102. The molecule has 1 saturated carbocycles. The molecule has 1 aliphatic carbocycles. The zero-order valence-corrected chi connectivity index (χ0v) is 12.0. The first-order valence-corrected chi connectivity index (χ1v) is 7.29. The number of urea groups is 1. The SMILES string of the molecule is CCCCCN(C)C(=O)NC1CCCC(C(=O)O)C1. The normalized spacial score (nSPS) is 22.8. The monoisotopic (exact) mass is 270 g/mol. The Morgan fingerprint density at radius 3 is 2.68 bits per heavy atom. The van der Waals surface area contributed by atoms with Gasteiger partial charge in [0.15, 0.2) is 0 Å². The van der Waals surface area contributed by atoms with Crippen LogP contribution in [-0.4, -0.2) is 41.6 Å². The van der Waals surface area contributed by atoms with E-state index in [0.717, 1.165) is 45.1 Å². The van der Waals surface area contributed by atoms with Gasteiger partial charge in [-0.2, -0.15) is 0 Å². The molecule has 1 aliphatic rings. The Morgan fingerprint density at radius 1 is 1.32 bits per heavy atom. The summed E-state index contributed by atoms with van der Waals surface area (Å²) in [6.45, 7) is 2.89. The fourth-order valence-electron chi connectivity index (χ4n) is 2.53. The van der Waals surface area contributed by atoms with Crippen molar-refractivity contribution in [2.24, 2.45) is 5.92 Å². The third-order valence-corrected chi connectivity index (χ3v) is 3.79. The maximum Gasteiger partial charge on any atom is 0.317 e. The van der Waals surface area contributed by atoms with E-state index in [-0.39, 0.29) is 18.0 Å². The fraction of sp³-hybridized carbons (Fsp3) is 0.857. The maximum atomic E-state index is 11.9. The zero-order chi connectivity index (χ0) is 14.3. The number of nitrogens with zero attached hydrogens (tertiary/aromatic N) is 1. The van der Waals surface area contributed by atoms with Gasteiger partial charge in [0.2, 0.25) is 0 Å². The Labute approximate surface area is 115 Å². The van der Waals surface area contributed by atoms with Crippen molar-refractivity contribution >= 4 is 12.0 Å². The molecule has 0 bridgehead atoms. The highest BCUT2D eigenvalue weighted by molar-refractivity contribution is 5.74. The summed E-state index contributed by atoms with van der Waals surface area (Å²) >= 11 is 0. The third kappa shape index (κ3) is 5.49. The van der Waals surface area contributed by atoms with Gasteiger partial charge in [-0.15, -0.1) is 0 Å². The smallest absolute Gasteiger partial charge is 0.317 e. The Hall–Kier alpha value is -1.26. The highest BCUT2D eigenvalue weighted by Crippen LogP contribution is 2.24. The maximum absolute atomic E-state index is 11.9. The molecule has 1 rings (SSSR count). The second-order valence-electron chi connectivity index (χ2n) is 5.48. The molecule has 2 atom stereocenters. The van der Waals surface area contributed by atoms with Crippen LogP contribution in [0.4, 0.5) is 4.79 Å². The lowest BCUT2D eigenvalue weighted by molar-refractivity contribution is -0.143. The first kappa shape index (κ1) is 15.8. The van der Waals surface area contributed by atoms with E-state index in [1.807, 2.05) is 0 Å². The summed E-state index contributed by atoms with van der Waals surface area (Å²) < 4.78 is 0. The van der Waals surface area contributed by atoms with E-state index in [2.05, 4.69) is 12.2 Å². The van der Waals surface area contributed by atoms with Crippen LogP contribution in [0.3, 0.4) is 0 Å². The fourth-order valence-corrected chi connectivity index (χ4v) is 2.53. The van der Waals surface area contributed by atoms with Crippen molar-refractivity contribution in [2.75, 3.05) is 13.6 Å². The average molecular weight is 270 g/mol. The van der Waals surface area contributed by atoms with Crippen molar-refractivity contribution in [1.29, 1.82) is 0 Å². The molecule has 0 aromatic carbocycles. The highest BCUT2D eigenvalue weighted by atomic mass is 16.4. The zero-order valence-electron chi connectivity index (χ0n) is 12.0. The Morgan fingerprint density at radius 2 is 2.05 bits per heavy atom. The molecule has 0 heterocycles. The summed E-state index contributed by atoms with van der Waals surface area (Å²) in [7, 11) is 1.79. The Bertz CT molecular complexity index is 307. The summed E-state index contributed by atoms with van der Waals surface area (Å²) in [5.74, 6) is -1.04. The van der Waals surface area contributed by atoms with Crippen LogP contribution >= 0.6 is 0 Å². The standard InChI is InChI=1S/C14H26N2O3/c1-3-4-5-9-16(2)14(19)15-12-8-6-7-11(10-12)13(17)18/h11-12H,3-10H2,1-2H3,(H,15,19)(H,17,18). The molecule has 0 aromatic heterocycles. The molecule has 2 unspecified atom stereocenters. The number of carbonyl (C=O) groups is 2. The number of aliphatic carboxylic acids is 1. The number of unbranched alkanes of at least 4 members (excludes halogenated alkanes) is 2. The van der Waals surface area contributed by atoms with Crippen LogP contribution in [-0.2, 0) is 4.79 Å². The minimum Gasteiger partial charge on any atom is -0.481 e. The topological polar surface area (TPSA) is 69.6 Å². The van der Waals surface area contributed by atoms with Gasteiger partial charge < -0.3 is 15.3 Å². The van der Waals surface area contributed by atoms with Crippen LogP contribution in [0, 0.1) is 5.92 Å². The van der Waals surface area contributed by atoms with Crippen molar-refractivity contribution in [1.82, 2.24) is 10.2 Å². The van der Waals surface area contributed by atoms with Gasteiger partial charge in [-0.25, -0.2) is 4.79 Å². The number of hydrogen-bond acceptors (Lipinski definition) is 2. The largest absolute Gasteiger partial charge is 0.481 e. The van der Waals surface area contributed by atoms with Crippen molar-refractivity contribution in [2.45, 2.75) is 57.9 Å². The quantitative estimate of drug-likeness (QED) is 0.728. The van der Waals surface area contributed by atoms with Gasteiger partial charge in [-0.05, 0) is 25.7 Å². The van der Waals surface area contributed by atoms with Crippen molar-refractivity contribution in [3.05, 3.63) is 0 Å². The molecule has 5 nitrogen and oxygen atoms in total. The number of hydrogen-bond donors (Lipinski definition) is 2. The van der Waals surface area contributed by atoms with Gasteiger partial charge >= 0.3 is 12.0 Å². The molecule has 2 N–H and O–H groups in total.